The van der Waals surface area contributed by atoms with Crippen LogP contribution in [0.5, 0.6) is 23.0 Å². The number of imide groups is 1. The highest BCUT2D eigenvalue weighted by Gasteiger charge is 2.70. The summed E-state index contributed by atoms with van der Waals surface area (Å²) in [5, 5.41) is 4.48. The zero-order chi connectivity index (χ0) is 27.0. The van der Waals surface area contributed by atoms with Crippen molar-refractivity contribution in [2.75, 3.05) is 18.8 Å². The molecule has 3 aromatic carbocycles. The van der Waals surface area contributed by atoms with E-state index in [0.717, 1.165) is 23.3 Å². The third-order valence-corrected chi connectivity index (χ3v) is 9.00. The normalized spacial score (nSPS) is 28.8. The second-order valence-electron chi connectivity index (χ2n) is 10.9. The molecule has 202 valence electrons. The number of amides is 2. The largest absolute Gasteiger partial charge is 0.493 e. The summed E-state index contributed by atoms with van der Waals surface area (Å²) < 4.78 is 22.6. The number of methoxy groups -OCH3 is 1. The van der Waals surface area contributed by atoms with Gasteiger partial charge in [-0.1, -0.05) is 35.5 Å². The van der Waals surface area contributed by atoms with E-state index in [4.69, 9.17) is 23.8 Å². The van der Waals surface area contributed by atoms with Gasteiger partial charge in [0.2, 0.25) is 18.6 Å². The summed E-state index contributed by atoms with van der Waals surface area (Å²) in [4.78, 5) is 34.7. The molecule has 0 N–H and O–H groups in total. The first-order valence-electron chi connectivity index (χ1n) is 13.5. The van der Waals surface area contributed by atoms with Crippen LogP contribution in [-0.4, -0.2) is 37.5 Å². The van der Waals surface area contributed by atoms with Crippen LogP contribution in [0.15, 0.2) is 71.9 Å². The molecule has 2 bridgehead atoms. The van der Waals surface area contributed by atoms with Crippen molar-refractivity contribution in [2.45, 2.75) is 19.1 Å². The number of carbonyl (C=O) groups is 2. The number of anilines is 1. The quantitative estimate of drug-likeness (QED) is 0.435. The number of hydrogen-bond acceptors (Lipinski definition) is 8. The fourth-order valence-corrected chi connectivity index (χ4v) is 7.32. The molecular formula is C31H26N2O7. The number of fused-ring (bicyclic) bond motifs is 9. The second-order valence-corrected chi connectivity index (χ2v) is 10.9. The van der Waals surface area contributed by atoms with E-state index in [2.05, 4.69) is 5.16 Å². The molecular weight excluding hydrogens is 512 g/mol. The van der Waals surface area contributed by atoms with Crippen LogP contribution in [0.25, 0.3) is 0 Å². The Kier molecular flexibility index (Phi) is 5.11. The van der Waals surface area contributed by atoms with Crippen molar-refractivity contribution >= 4 is 23.2 Å². The van der Waals surface area contributed by atoms with Gasteiger partial charge in [0, 0.05) is 23.5 Å². The third kappa shape index (κ3) is 3.30. The van der Waals surface area contributed by atoms with Crippen molar-refractivity contribution in [3.05, 3.63) is 77.9 Å². The molecule has 6 atom stereocenters. The average molecular weight is 539 g/mol. The highest BCUT2D eigenvalue weighted by Crippen LogP contribution is 2.62. The molecule has 2 saturated carbocycles. The number of ether oxygens (including phenoxy) is 4. The molecule has 0 spiro atoms. The molecule has 40 heavy (non-hydrogen) atoms. The molecule has 0 radical (unpaired) electrons. The average Bonchev–Trinajstić information content (AvgIpc) is 3.79. The van der Waals surface area contributed by atoms with Crippen LogP contribution in [0.3, 0.4) is 0 Å². The second kappa shape index (κ2) is 8.74. The van der Waals surface area contributed by atoms with Gasteiger partial charge >= 0.3 is 0 Å². The molecule has 8 rings (SSSR count). The number of hydrogen-bond donors (Lipinski definition) is 0. The van der Waals surface area contributed by atoms with Crippen molar-refractivity contribution in [2.24, 2.45) is 34.7 Å². The van der Waals surface area contributed by atoms with Crippen LogP contribution in [0, 0.1) is 29.6 Å². The van der Waals surface area contributed by atoms with E-state index < -0.39 is 11.8 Å². The molecule has 3 aromatic rings. The Morgan fingerprint density at radius 2 is 1.68 bits per heavy atom. The monoisotopic (exact) mass is 538 g/mol. The number of nitrogens with zero attached hydrogens (tertiary/aromatic N) is 2. The summed E-state index contributed by atoms with van der Waals surface area (Å²) in [5.74, 6) is 1.10. The summed E-state index contributed by atoms with van der Waals surface area (Å²) in [6, 6.07) is 20.9. The van der Waals surface area contributed by atoms with Gasteiger partial charge in [0.25, 0.3) is 0 Å². The first kappa shape index (κ1) is 23.4. The molecule has 3 heterocycles. The lowest BCUT2D eigenvalue weighted by Gasteiger charge is -2.29. The molecule has 3 aliphatic heterocycles. The minimum atomic E-state index is -0.401. The molecule has 0 unspecified atom stereocenters. The minimum absolute atomic E-state index is 0.0308. The maximum Gasteiger partial charge on any atom is 0.238 e. The number of benzene rings is 3. The number of rotatable bonds is 6. The number of carbonyl (C=O) groups excluding carboxylic acids is 2. The molecule has 1 saturated heterocycles. The summed E-state index contributed by atoms with van der Waals surface area (Å²) >= 11 is 0. The Labute approximate surface area is 230 Å². The number of oxime groups is 1. The van der Waals surface area contributed by atoms with E-state index in [1.807, 2.05) is 48.5 Å². The minimum Gasteiger partial charge on any atom is -0.493 e. The lowest BCUT2D eigenvalue weighted by Crippen LogP contribution is -2.41. The van der Waals surface area contributed by atoms with E-state index in [1.54, 1.807) is 25.3 Å². The van der Waals surface area contributed by atoms with Gasteiger partial charge in [-0.15, -0.1) is 0 Å². The van der Waals surface area contributed by atoms with E-state index in [9.17, 15) is 9.59 Å². The van der Waals surface area contributed by atoms with Crippen molar-refractivity contribution in [1.82, 2.24) is 0 Å². The van der Waals surface area contributed by atoms with Gasteiger partial charge in [0.15, 0.2) is 23.0 Å². The summed E-state index contributed by atoms with van der Waals surface area (Å²) in [5.41, 5.74) is 3.24. The lowest BCUT2D eigenvalue weighted by atomic mass is 9.71. The predicted molar refractivity (Wildman–Crippen MR) is 142 cm³/mol. The topological polar surface area (TPSA) is 95.9 Å². The Bertz CT molecular complexity index is 1570. The van der Waals surface area contributed by atoms with Gasteiger partial charge in [-0.05, 0) is 48.2 Å². The Hall–Kier alpha value is -4.53. The van der Waals surface area contributed by atoms with Crippen LogP contribution >= 0.6 is 0 Å². The Morgan fingerprint density at radius 1 is 0.875 bits per heavy atom. The summed E-state index contributed by atoms with van der Waals surface area (Å²) in [6.45, 7) is 0.554. The zero-order valence-electron chi connectivity index (χ0n) is 21.7. The molecule has 2 aliphatic carbocycles. The van der Waals surface area contributed by atoms with Crippen LogP contribution in [0.2, 0.25) is 0 Å². The van der Waals surface area contributed by atoms with Crippen molar-refractivity contribution in [3.8, 4) is 23.0 Å². The van der Waals surface area contributed by atoms with Gasteiger partial charge in [0.1, 0.15) is 12.7 Å². The smallest absolute Gasteiger partial charge is 0.238 e. The van der Waals surface area contributed by atoms with E-state index in [0.29, 0.717) is 35.3 Å². The fraction of sp³-hybridized carbons (Fsp3) is 0.323. The molecule has 0 aromatic heterocycles. The first-order valence-corrected chi connectivity index (χ1v) is 13.5. The van der Waals surface area contributed by atoms with E-state index in [-0.39, 0.29) is 42.5 Å². The fourth-order valence-electron chi connectivity index (χ4n) is 7.32. The van der Waals surface area contributed by atoms with Gasteiger partial charge in [-0.2, -0.15) is 0 Å². The van der Waals surface area contributed by atoms with Gasteiger partial charge in [-0.25, -0.2) is 4.90 Å². The third-order valence-electron chi connectivity index (χ3n) is 9.00. The van der Waals surface area contributed by atoms with Gasteiger partial charge in [0.05, 0.1) is 30.3 Å². The highest BCUT2D eigenvalue weighted by atomic mass is 16.7. The van der Waals surface area contributed by atoms with Crippen molar-refractivity contribution in [3.63, 3.8) is 0 Å². The SMILES string of the molecule is COc1cc(C2=NO[C@H]3[C@H]4C[C@@H]([C@@H]23)[C@@H]2C(=O)N(c3ccc5c(c3)OCO5)C(=O)[C@H]42)ccc1OCc1ccccc1. The lowest BCUT2D eigenvalue weighted by molar-refractivity contribution is -0.125. The van der Waals surface area contributed by atoms with Crippen LogP contribution in [0.1, 0.15) is 17.5 Å². The van der Waals surface area contributed by atoms with E-state index >= 15 is 0 Å². The van der Waals surface area contributed by atoms with E-state index in [1.165, 1.54) is 4.90 Å². The van der Waals surface area contributed by atoms with Crippen LogP contribution in [-0.2, 0) is 21.0 Å². The molecule has 5 aliphatic rings. The molecule has 3 fully saturated rings. The van der Waals surface area contributed by atoms with Crippen molar-refractivity contribution < 1.29 is 33.4 Å². The van der Waals surface area contributed by atoms with Crippen LogP contribution in [0.4, 0.5) is 5.69 Å². The first-order chi connectivity index (χ1) is 19.6. The predicted octanol–water partition coefficient (Wildman–Crippen LogP) is 4.18. The van der Waals surface area contributed by atoms with Crippen LogP contribution < -0.4 is 23.8 Å². The highest BCUT2D eigenvalue weighted by molar-refractivity contribution is 6.23. The maximum atomic E-state index is 13.8. The molecule has 2 amide bonds. The Balaban J connectivity index is 1.05. The van der Waals surface area contributed by atoms with Crippen molar-refractivity contribution in [1.29, 1.82) is 0 Å². The van der Waals surface area contributed by atoms with Gasteiger partial charge in [-0.3, -0.25) is 9.59 Å². The Morgan fingerprint density at radius 3 is 2.50 bits per heavy atom. The standard InChI is InChI=1S/C31H26N2O7/c1-36-23-11-17(7-9-21(23)37-14-16-5-3-2-4-6-16)28-27-19-13-20(29(27)40-32-28)26-25(19)30(34)33(31(26)35)18-8-10-22-24(12-18)39-15-38-22/h2-12,19-20,25-27,29H,13-15H2,1H3/t19-,20+,25+,26-,27+,29+/m1/s1. The summed E-state index contributed by atoms with van der Waals surface area (Å²) in [7, 11) is 1.61. The zero-order valence-corrected chi connectivity index (χ0v) is 21.7. The molecule has 9 heteroatoms. The van der Waals surface area contributed by atoms with Gasteiger partial charge < -0.3 is 23.8 Å². The summed E-state index contributed by atoms with van der Waals surface area (Å²) in [6.07, 6.45) is 0.542. The molecule has 9 nitrogen and oxygen atoms in total. The maximum absolute atomic E-state index is 13.8.